The van der Waals surface area contributed by atoms with E-state index in [1.807, 2.05) is 25.7 Å². The van der Waals surface area contributed by atoms with Crippen LogP contribution in [0.25, 0.3) is 32.8 Å². The largest absolute Gasteiger partial charge is 0.468 e. The van der Waals surface area contributed by atoms with Gasteiger partial charge in [-0.05, 0) is 91.9 Å². The first-order valence-corrected chi connectivity index (χ1v) is 14.7. The first-order chi connectivity index (χ1) is 20.4. The molecule has 0 saturated carbocycles. The molecule has 0 N–H and O–H groups in total. The molecule has 1 aromatic heterocycles. The molecule has 3 aromatic carbocycles. The van der Waals surface area contributed by atoms with Crippen molar-refractivity contribution >= 4 is 56.8 Å². The number of halogens is 4. The van der Waals surface area contributed by atoms with Crippen LogP contribution in [-0.4, -0.2) is 65.6 Å². The number of amides is 1. The minimum atomic E-state index is -0.724. The van der Waals surface area contributed by atoms with Gasteiger partial charge in [-0.15, -0.1) is 0 Å². The number of fused-ring (bicyclic) bond motifs is 4. The summed E-state index contributed by atoms with van der Waals surface area (Å²) in [6.45, 7) is 6.41. The van der Waals surface area contributed by atoms with Gasteiger partial charge in [0.15, 0.2) is 12.6 Å². The van der Waals surface area contributed by atoms with E-state index >= 15 is 4.39 Å². The normalized spacial score (nSPS) is 18.5. The second-order valence-corrected chi connectivity index (χ2v) is 12.6. The van der Waals surface area contributed by atoms with Gasteiger partial charge >= 0.3 is 6.09 Å². The highest BCUT2D eigenvalue weighted by Crippen LogP contribution is 2.43. The first-order valence-electron chi connectivity index (χ1n) is 13.9. The van der Waals surface area contributed by atoms with Crippen molar-refractivity contribution in [3.8, 4) is 16.9 Å². The molecule has 2 atom stereocenters. The molecule has 226 valence electrons. The SMILES string of the molecule is COCOc1cc(-c2c(Cl)cc3c(N4C[C@H]5CC[C@@H](C4)N5C(=O)OC(C)(C)C)nc(Cl)nc3c2F)c2cc(F)ccc2c1. The Balaban J connectivity index is 1.44. The molecule has 0 unspecified atom stereocenters. The summed E-state index contributed by atoms with van der Waals surface area (Å²) in [6.07, 6.45) is 1.27. The van der Waals surface area contributed by atoms with E-state index in [2.05, 4.69) is 9.97 Å². The summed E-state index contributed by atoms with van der Waals surface area (Å²) in [5.41, 5.74) is -0.275. The summed E-state index contributed by atoms with van der Waals surface area (Å²) in [7, 11) is 1.49. The summed E-state index contributed by atoms with van der Waals surface area (Å²) >= 11 is 13.2. The Hall–Kier alpha value is -3.47. The lowest BCUT2D eigenvalue weighted by atomic mass is 9.96. The predicted molar refractivity (Wildman–Crippen MR) is 162 cm³/mol. The molecule has 2 fully saturated rings. The lowest BCUT2D eigenvalue weighted by Crippen LogP contribution is -2.57. The molecule has 8 nitrogen and oxygen atoms in total. The predicted octanol–water partition coefficient (Wildman–Crippen LogP) is 7.61. The minimum absolute atomic E-state index is 0.0240. The van der Waals surface area contributed by atoms with Gasteiger partial charge < -0.3 is 19.1 Å². The van der Waals surface area contributed by atoms with Gasteiger partial charge in [0.25, 0.3) is 0 Å². The second-order valence-electron chi connectivity index (χ2n) is 11.8. The van der Waals surface area contributed by atoms with Gasteiger partial charge in [0.1, 0.15) is 28.5 Å². The van der Waals surface area contributed by atoms with Gasteiger partial charge in [-0.2, -0.15) is 4.98 Å². The zero-order valence-electron chi connectivity index (χ0n) is 24.1. The van der Waals surface area contributed by atoms with Crippen molar-refractivity contribution in [1.29, 1.82) is 0 Å². The molecule has 2 bridgehead atoms. The molecule has 0 aliphatic carbocycles. The van der Waals surface area contributed by atoms with Crippen LogP contribution in [0.3, 0.4) is 0 Å². The average molecular weight is 632 g/mol. The highest BCUT2D eigenvalue weighted by molar-refractivity contribution is 6.35. The van der Waals surface area contributed by atoms with Crippen LogP contribution in [0.15, 0.2) is 36.4 Å². The fourth-order valence-electron chi connectivity index (χ4n) is 6.05. The lowest BCUT2D eigenvalue weighted by molar-refractivity contribution is 0.0123. The Morgan fingerprint density at radius 1 is 1.02 bits per heavy atom. The Morgan fingerprint density at radius 3 is 2.42 bits per heavy atom. The van der Waals surface area contributed by atoms with Crippen molar-refractivity contribution in [2.75, 3.05) is 31.9 Å². The third-order valence-corrected chi connectivity index (χ3v) is 8.19. The standard InChI is InChI=1S/C31H30Cl2F2N4O4/c1-31(2,3)43-30(40)39-18-7-8-19(39)14-38(13-18)28-23-12-24(32)25(26(35)27(23)36-29(33)37-28)22-11-20(42-15-41-4)9-16-5-6-17(34)10-21(16)22/h5-6,9-12,18-19H,7-8,13-15H2,1-4H3/t18-,19+. The number of anilines is 1. The van der Waals surface area contributed by atoms with Crippen LogP contribution in [0.5, 0.6) is 5.75 Å². The summed E-state index contributed by atoms with van der Waals surface area (Å²) in [4.78, 5) is 25.5. The Kier molecular flexibility index (Phi) is 7.73. The highest BCUT2D eigenvalue weighted by atomic mass is 35.5. The molecule has 43 heavy (non-hydrogen) atoms. The zero-order valence-corrected chi connectivity index (χ0v) is 25.6. The summed E-state index contributed by atoms with van der Waals surface area (Å²) in [5, 5.41) is 1.40. The summed E-state index contributed by atoms with van der Waals surface area (Å²) in [5.74, 6) is -0.385. The van der Waals surface area contributed by atoms with Crippen LogP contribution in [0.4, 0.5) is 19.4 Å². The quantitative estimate of drug-likeness (QED) is 0.166. The van der Waals surface area contributed by atoms with E-state index in [-0.39, 0.29) is 46.4 Å². The number of carbonyl (C=O) groups excluding carboxylic acids is 1. The van der Waals surface area contributed by atoms with Crippen molar-refractivity contribution in [1.82, 2.24) is 14.9 Å². The zero-order chi connectivity index (χ0) is 30.6. The first kappa shape index (κ1) is 29.6. The van der Waals surface area contributed by atoms with E-state index in [9.17, 15) is 9.18 Å². The van der Waals surface area contributed by atoms with Crippen LogP contribution in [0.1, 0.15) is 33.6 Å². The minimum Gasteiger partial charge on any atom is -0.468 e. The molecule has 4 aromatic rings. The monoisotopic (exact) mass is 630 g/mol. The Labute approximate surface area is 257 Å². The Morgan fingerprint density at radius 2 is 1.74 bits per heavy atom. The van der Waals surface area contributed by atoms with E-state index in [0.717, 1.165) is 12.8 Å². The van der Waals surface area contributed by atoms with Gasteiger partial charge in [-0.3, -0.25) is 4.90 Å². The maximum Gasteiger partial charge on any atom is 0.410 e. The number of rotatable bonds is 5. The van der Waals surface area contributed by atoms with Crippen molar-refractivity contribution in [2.45, 2.75) is 51.3 Å². The maximum atomic E-state index is 16.6. The number of hydrogen-bond donors (Lipinski definition) is 0. The molecule has 3 heterocycles. The number of ether oxygens (including phenoxy) is 3. The lowest BCUT2D eigenvalue weighted by Gasteiger charge is -2.42. The van der Waals surface area contributed by atoms with Crippen LogP contribution >= 0.6 is 23.2 Å². The van der Waals surface area contributed by atoms with E-state index in [0.29, 0.717) is 46.4 Å². The molecule has 1 amide bonds. The fourth-order valence-corrected chi connectivity index (χ4v) is 6.51. The molecule has 12 heteroatoms. The highest BCUT2D eigenvalue weighted by Gasteiger charge is 2.45. The van der Waals surface area contributed by atoms with Gasteiger partial charge in [-0.1, -0.05) is 17.7 Å². The molecular formula is C31H30Cl2F2N4O4. The van der Waals surface area contributed by atoms with Crippen molar-refractivity contribution in [3.05, 3.63) is 58.3 Å². The van der Waals surface area contributed by atoms with E-state index in [1.165, 1.54) is 19.2 Å². The topological polar surface area (TPSA) is 77.0 Å². The molecular weight excluding hydrogens is 601 g/mol. The number of nitrogens with zero attached hydrogens (tertiary/aromatic N) is 4. The van der Waals surface area contributed by atoms with E-state index in [4.69, 9.17) is 37.4 Å². The van der Waals surface area contributed by atoms with Crippen molar-refractivity contribution in [3.63, 3.8) is 0 Å². The number of carbonyl (C=O) groups is 1. The molecule has 6 rings (SSSR count). The number of methoxy groups -OCH3 is 1. The van der Waals surface area contributed by atoms with Gasteiger partial charge in [0, 0.05) is 31.1 Å². The Bertz CT molecular complexity index is 1740. The van der Waals surface area contributed by atoms with E-state index < -0.39 is 17.2 Å². The van der Waals surface area contributed by atoms with Gasteiger partial charge in [-0.25, -0.2) is 18.6 Å². The van der Waals surface area contributed by atoms with Crippen molar-refractivity contribution in [2.24, 2.45) is 0 Å². The number of aromatic nitrogens is 2. The molecule has 2 saturated heterocycles. The fraction of sp³-hybridized carbons (Fsp3) is 0.387. The van der Waals surface area contributed by atoms with E-state index in [1.54, 1.807) is 29.2 Å². The summed E-state index contributed by atoms with van der Waals surface area (Å²) < 4.78 is 47.3. The second kappa shape index (κ2) is 11.2. The van der Waals surface area contributed by atoms with Crippen LogP contribution in [-0.2, 0) is 9.47 Å². The molecule has 2 aliphatic rings. The van der Waals surface area contributed by atoms with Crippen LogP contribution in [0, 0.1) is 11.6 Å². The molecule has 2 aliphatic heterocycles. The third-order valence-electron chi connectivity index (χ3n) is 7.72. The van der Waals surface area contributed by atoms with Gasteiger partial charge in [0.05, 0.1) is 17.1 Å². The number of benzene rings is 3. The van der Waals surface area contributed by atoms with Crippen LogP contribution in [0.2, 0.25) is 10.3 Å². The summed E-state index contributed by atoms with van der Waals surface area (Å²) in [6, 6.07) is 8.93. The average Bonchev–Trinajstić information content (AvgIpc) is 3.21. The van der Waals surface area contributed by atoms with Gasteiger partial charge in [0.2, 0.25) is 5.28 Å². The number of piperazine rings is 1. The van der Waals surface area contributed by atoms with Crippen LogP contribution < -0.4 is 9.64 Å². The molecule has 0 radical (unpaired) electrons. The maximum absolute atomic E-state index is 16.6. The third kappa shape index (κ3) is 5.63. The molecule has 0 spiro atoms. The van der Waals surface area contributed by atoms with Crippen molar-refractivity contribution < 1.29 is 27.8 Å². The number of hydrogen-bond acceptors (Lipinski definition) is 7. The smallest absolute Gasteiger partial charge is 0.410 e.